The maximum atomic E-state index is 11.1. The summed E-state index contributed by atoms with van der Waals surface area (Å²) in [5.41, 5.74) is 1.67. The number of hydrogen-bond acceptors (Lipinski definition) is 3. The van der Waals surface area contributed by atoms with Crippen LogP contribution in [0.2, 0.25) is 0 Å². The number of oxazole rings is 1. The number of hydrogen-bond donors (Lipinski definition) is 0. The lowest BCUT2D eigenvalue weighted by molar-refractivity contribution is 0.528. The summed E-state index contributed by atoms with van der Waals surface area (Å²) >= 11 is 0. The molecule has 0 aliphatic rings. The molecule has 0 saturated heterocycles. The van der Waals surface area contributed by atoms with Crippen molar-refractivity contribution in [1.82, 2.24) is 4.57 Å². The van der Waals surface area contributed by atoms with Gasteiger partial charge in [0, 0.05) is 7.05 Å². The standard InChI is InChI=1S/C9H6N2O2/c1-11-7-4-6(5-10)2-3-8(7)13-9(11)12/h2-4H,1H3. The van der Waals surface area contributed by atoms with Gasteiger partial charge in [0.25, 0.3) is 0 Å². The highest BCUT2D eigenvalue weighted by atomic mass is 16.4. The molecule has 0 unspecified atom stereocenters. The molecule has 0 saturated carbocycles. The van der Waals surface area contributed by atoms with Gasteiger partial charge in [0.2, 0.25) is 0 Å². The number of fused-ring (bicyclic) bond motifs is 1. The molecular weight excluding hydrogens is 168 g/mol. The van der Waals surface area contributed by atoms with E-state index in [9.17, 15) is 4.79 Å². The lowest BCUT2D eigenvalue weighted by Crippen LogP contribution is -2.08. The molecular formula is C9H6N2O2. The predicted octanol–water partition coefficient (Wildman–Crippen LogP) is 1.00. The monoisotopic (exact) mass is 174 g/mol. The molecule has 0 radical (unpaired) electrons. The van der Waals surface area contributed by atoms with Gasteiger partial charge in [-0.1, -0.05) is 0 Å². The average molecular weight is 174 g/mol. The van der Waals surface area contributed by atoms with E-state index in [0.29, 0.717) is 16.7 Å². The molecule has 0 spiro atoms. The molecule has 0 amide bonds. The van der Waals surface area contributed by atoms with E-state index >= 15 is 0 Å². The largest absolute Gasteiger partial charge is 0.419 e. The highest BCUT2D eigenvalue weighted by Crippen LogP contribution is 2.13. The van der Waals surface area contributed by atoms with Crippen LogP contribution in [-0.2, 0) is 7.05 Å². The Balaban J connectivity index is 2.92. The van der Waals surface area contributed by atoms with Crippen molar-refractivity contribution in [3.63, 3.8) is 0 Å². The van der Waals surface area contributed by atoms with Gasteiger partial charge in [-0.05, 0) is 18.2 Å². The average Bonchev–Trinajstić information content (AvgIpc) is 2.43. The van der Waals surface area contributed by atoms with Crippen LogP contribution in [0.5, 0.6) is 0 Å². The number of aromatic nitrogens is 1. The topological polar surface area (TPSA) is 58.9 Å². The summed E-state index contributed by atoms with van der Waals surface area (Å²) in [4.78, 5) is 11.1. The molecule has 1 aromatic heterocycles. The fourth-order valence-corrected chi connectivity index (χ4v) is 1.20. The maximum absolute atomic E-state index is 11.1. The zero-order valence-corrected chi connectivity index (χ0v) is 6.94. The van der Waals surface area contributed by atoms with Crippen LogP contribution < -0.4 is 5.76 Å². The molecule has 2 rings (SSSR count). The van der Waals surface area contributed by atoms with Gasteiger partial charge in [-0.3, -0.25) is 4.57 Å². The fraction of sp³-hybridized carbons (Fsp3) is 0.111. The Hall–Kier alpha value is -2.02. The Morgan fingerprint density at radius 3 is 3.00 bits per heavy atom. The van der Waals surface area contributed by atoms with Gasteiger partial charge in [-0.15, -0.1) is 0 Å². The van der Waals surface area contributed by atoms with Gasteiger partial charge in [0.05, 0.1) is 17.1 Å². The molecule has 64 valence electrons. The molecule has 0 bridgehead atoms. The molecule has 1 aromatic carbocycles. The zero-order valence-electron chi connectivity index (χ0n) is 6.94. The normalized spacial score (nSPS) is 10.2. The van der Waals surface area contributed by atoms with Crippen molar-refractivity contribution in [2.24, 2.45) is 7.05 Å². The van der Waals surface area contributed by atoms with E-state index in [1.165, 1.54) is 4.57 Å². The number of nitriles is 1. The Bertz CT molecular complexity index is 557. The van der Waals surface area contributed by atoms with Crippen molar-refractivity contribution >= 4 is 11.1 Å². The molecule has 0 aliphatic carbocycles. The van der Waals surface area contributed by atoms with Crippen molar-refractivity contribution in [3.8, 4) is 6.07 Å². The second-order valence-corrected chi connectivity index (χ2v) is 2.72. The third-order valence-corrected chi connectivity index (χ3v) is 1.92. The van der Waals surface area contributed by atoms with E-state index in [2.05, 4.69) is 0 Å². The first-order valence-corrected chi connectivity index (χ1v) is 3.72. The first-order chi connectivity index (χ1) is 6.22. The summed E-state index contributed by atoms with van der Waals surface area (Å²) in [5, 5.41) is 8.63. The van der Waals surface area contributed by atoms with Crippen molar-refractivity contribution in [3.05, 3.63) is 34.3 Å². The summed E-state index contributed by atoms with van der Waals surface area (Å²) < 4.78 is 6.27. The van der Waals surface area contributed by atoms with E-state index in [1.54, 1.807) is 25.2 Å². The van der Waals surface area contributed by atoms with Crippen molar-refractivity contribution in [2.75, 3.05) is 0 Å². The summed E-state index contributed by atoms with van der Waals surface area (Å²) in [7, 11) is 1.61. The first kappa shape index (κ1) is 7.62. The van der Waals surface area contributed by atoms with E-state index in [4.69, 9.17) is 9.68 Å². The summed E-state index contributed by atoms with van der Waals surface area (Å²) in [6.07, 6.45) is 0. The van der Waals surface area contributed by atoms with E-state index < -0.39 is 5.76 Å². The van der Waals surface area contributed by atoms with E-state index in [1.807, 2.05) is 6.07 Å². The van der Waals surface area contributed by atoms with Crippen molar-refractivity contribution in [1.29, 1.82) is 5.26 Å². The SMILES string of the molecule is Cn1c(=O)oc2ccc(C#N)cc21. The highest BCUT2D eigenvalue weighted by Gasteiger charge is 2.05. The molecule has 0 atom stereocenters. The molecule has 4 heteroatoms. The second-order valence-electron chi connectivity index (χ2n) is 2.72. The number of nitrogens with zero attached hydrogens (tertiary/aromatic N) is 2. The molecule has 0 fully saturated rings. The highest BCUT2D eigenvalue weighted by molar-refractivity contribution is 5.74. The second kappa shape index (κ2) is 2.49. The first-order valence-electron chi connectivity index (χ1n) is 3.72. The summed E-state index contributed by atoms with van der Waals surface area (Å²) in [5.74, 6) is -0.412. The molecule has 0 aliphatic heterocycles. The van der Waals surface area contributed by atoms with E-state index in [-0.39, 0.29) is 0 Å². The molecule has 4 nitrogen and oxygen atoms in total. The third kappa shape index (κ3) is 1.02. The van der Waals surface area contributed by atoms with Crippen molar-refractivity contribution < 1.29 is 4.42 Å². The predicted molar refractivity (Wildman–Crippen MR) is 46.2 cm³/mol. The fourth-order valence-electron chi connectivity index (χ4n) is 1.20. The molecule has 2 aromatic rings. The lowest BCUT2D eigenvalue weighted by atomic mass is 10.2. The molecule has 13 heavy (non-hydrogen) atoms. The van der Waals surface area contributed by atoms with E-state index in [0.717, 1.165) is 0 Å². The minimum Gasteiger partial charge on any atom is -0.408 e. The summed E-state index contributed by atoms with van der Waals surface area (Å²) in [6, 6.07) is 6.86. The smallest absolute Gasteiger partial charge is 0.408 e. The van der Waals surface area contributed by atoms with Gasteiger partial charge in [0.1, 0.15) is 0 Å². The lowest BCUT2D eigenvalue weighted by Gasteiger charge is -1.90. The Morgan fingerprint density at radius 2 is 2.31 bits per heavy atom. The Morgan fingerprint density at radius 1 is 1.54 bits per heavy atom. The van der Waals surface area contributed by atoms with Gasteiger partial charge in [-0.25, -0.2) is 4.79 Å². The van der Waals surface area contributed by atoms with Gasteiger partial charge < -0.3 is 4.42 Å². The van der Waals surface area contributed by atoms with Crippen LogP contribution in [-0.4, -0.2) is 4.57 Å². The van der Waals surface area contributed by atoms with Crippen molar-refractivity contribution in [2.45, 2.75) is 0 Å². The van der Waals surface area contributed by atoms with Crippen LogP contribution in [0.25, 0.3) is 11.1 Å². The van der Waals surface area contributed by atoms with Gasteiger partial charge >= 0.3 is 5.76 Å². The zero-order chi connectivity index (χ0) is 9.42. The number of rotatable bonds is 0. The maximum Gasteiger partial charge on any atom is 0.419 e. The third-order valence-electron chi connectivity index (χ3n) is 1.92. The van der Waals surface area contributed by atoms with Crippen LogP contribution in [0.1, 0.15) is 5.56 Å². The van der Waals surface area contributed by atoms with Crippen LogP contribution in [0.4, 0.5) is 0 Å². The number of aryl methyl sites for hydroxylation is 1. The number of benzene rings is 1. The Kier molecular flexibility index (Phi) is 1.46. The van der Waals surface area contributed by atoms with Crippen LogP contribution >= 0.6 is 0 Å². The molecule has 1 heterocycles. The van der Waals surface area contributed by atoms with Crippen LogP contribution in [0.15, 0.2) is 27.4 Å². The van der Waals surface area contributed by atoms with Gasteiger partial charge in [-0.2, -0.15) is 5.26 Å². The van der Waals surface area contributed by atoms with Crippen LogP contribution in [0.3, 0.4) is 0 Å². The minimum absolute atomic E-state index is 0.412. The van der Waals surface area contributed by atoms with Gasteiger partial charge in [0.15, 0.2) is 5.58 Å². The Labute approximate surface area is 73.6 Å². The minimum atomic E-state index is -0.412. The molecule has 0 N–H and O–H groups in total. The summed E-state index contributed by atoms with van der Waals surface area (Å²) in [6.45, 7) is 0. The van der Waals surface area contributed by atoms with Crippen LogP contribution in [0, 0.1) is 11.3 Å². The quantitative estimate of drug-likeness (QED) is 0.598.